The molecule has 2 heteroatoms. The quantitative estimate of drug-likeness (QED) is 0.774. The van der Waals surface area contributed by atoms with Crippen LogP contribution in [0, 0.1) is 5.92 Å². The minimum absolute atomic E-state index is 0.721. The van der Waals surface area contributed by atoms with Gasteiger partial charge in [0.1, 0.15) is 0 Å². The lowest BCUT2D eigenvalue weighted by Crippen LogP contribution is -2.30. The van der Waals surface area contributed by atoms with Gasteiger partial charge >= 0.3 is 0 Å². The van der Waals surface area contributed by atoms with Crippen molar-refractivity contribution < 1.29 is 0 Å². The van der Waals surface area contributed by atoms with Crippen LogP contribution in [0.5, 0.6) is 0 Å². The van der Waals surface area contributed by atoms with Crippen LogP contribution in [-0.2, 0) is 6.54 Å². The zero-order chi connectivity index (χ0) is 14.4. The molecule has 0 aliphatic carbocycles. The van der Waals surface area contributed by atoms with E-state index in [2.05, 4.69) is 73.6 Å². The second-order valence-electron chi connectivity index (χ2n) is 5.97. The van der Waals surface area contributed by atoms with Crippen LogP contribution in [0.1, 0.15) is 19.4 Å². The van der Waals surface area contributed by atoms with Crippen molar-refractivity contribution in [2.24, 2.45) is 5.92 Å². The first kappa shape index (κ1) is 15.0. The van der Waals surface area contributed by atoms with Crippen LogP contribution in [0.15, 0.2) is 42.5 Å². The molecule has 0 amide bonds. The van der Waals surface area contributed by atoms with E-state index in [4.69, 9.17) is 0 Å². The zero-order valence-electron chi connectivity index (χ0n) is 12.9. The number of hydrogen-bond acceptors (Lipinski definition) is 2. The predicted molar refractivity (Wildman–Crippen MR) is 88.0 cm³/mol. The summed E-state index contributed by atoms with van der Waals surface area (Å²) in [5.74, 6) is 0.721. The average Bonchev–Trinajstić information content (AvgIpc) is 2.44. The van der Waals surface area contributed by atoms with E-state index < -0.39 is 0 Å². The molecule has 0 heterocycles. The fourth-order valence-electron chi connectivity index (χ4n) is 2.46. The van der Waals surface area contributed by atoms with E-state index in [1.54, 1.807) is 0 Å². The molecule has 0 aliphatic rings. The Morgan fingerprint density at radius 2 is 1.80 bits per heavy atom. The summed E-state index contributed by atoms with van der Waals surface area (Å²) < 4.78 is 0. The van der Waals surface area contributed by atoms with Gasteiger partial charge in [-0.3, -0.25) is 0 Å². The number of hydrogen-bond donors (Lipinski definition) is 1. The van der Waals surface area contributed by atoms with Gasteiger partial charge in [0.05, 0.1) is 0 Å². The van der Waals surface area contributed by atoms with Gasteiger partial charge in [-0.05, 0) is 35.8 Å². The van der Waals surface area contributed by atoms with Gasteiger partial charge < -0.3 is 10.2 Å². The van der Waals surface area contributed by atoms with Crippen LogP contribution in [0.25, 0.3) is 10.8 Å². The highest BCUT2D eigenvalue weighted by Gasteiger charge is 2.04. The molecule has 0 saturated carbocycles. The molecule has 108 valence electrons. The van der Waals surface area contributed by atoms with Gasteiger partial charge in [-0.2, -0.15) is 0 Å². The van der Waals surface area contributed by atoms with Crippen molar-refractivity contribution in [3.63, 3.8) is 0 Å². The summed E-state index contributed by atoms with van der Waals surface area (Å²) >= 11 is 0. The Labute approximate surface area is 122 Å². The van der Waals surface area contributed by atoms with E-state index >= 15 is 0 Å². The number of likely N-dealkylation sites (N-methyl/N-ethyl adjacent to an activating group) is 1. The Morgan fingerprint density at radius 1 is 1.05 bits per heavy atom. The molecule has 0 radical (unpaired) electrons. The fraction of sp³-hybridized carbons (Fsp3) is 0.444. The second kappa shape index (κ2) is 7.41. The Bertz CT molecular complexity index is 528. The fourth-order valence-corrected chi connectivity index (χ4v) is 2.46. The number of nitrogens with zero attached hydrogens (tertiary/aromatic N) is 1. The summed E-state index contributed by atoms with van der Waals surface area (Å²) in [6.07, 6.45) is 0. The molecule has 0 aromatic heterocycles. The minimum Gasteiger partial charge on any atom is -0.315 e. The smallest absolute Gasteiger partial charge is 0.0237 e. The predicted octanol–water partition coefficient (Wildman–Crippen LogP) is 3.52. The van der Waals surface area contributed by atoms with Crippen molar-refractivity contribution in [1.82, 2.24) is 10.2 Å². The lowest BCUT2D eigenvalue weighted by molar-refractivity contribution is 0.323. The first-order chi connectivity index (χ1) is 9.66. The SMILES string of the molecule is CC(C)CNCCN(C)Cc1cccc2ccccc12. The molecule has 0 spiro atoms. The molecule has 0 fully saturated rings. The summed E-state index contributed by atoms with van der Waals surface area (Å²) in [5, 5.41) is 6.20. The standard InChI is InChI=1S/C18H26N2/c1-15(2)13-19-11-12-20(3)14-17-9-6-8-16-7-4-5-10-18(16)17/h4-10,15,19H,11-14H2,1-3H3. The lowest BCUT2D eigenvalue weighted by atomic mass is 10.0. The molecule has 0 bridgehead atoms. The molecule has 1 N–H and O–H groups in total. The molecular formula is C18H26N2. The van der Waals surface area contributed by atoms with Gasteiger partial charge in [-0.15, -0.1) is 0 Å². The highest BCUT2D eigenvalue weighted by molar-refractivity contribution is 5.85. The van der Waals surface area contributed by atoms with Crippen molar-refractivity contribution in [1.29, 1.82) is 0 Å². The molecule has 0 saturated heterocycles. The van der Waals surface area contributed by atoms with E-state index in [1.165, 1.54) is 16.3 Å². The van der Waals surface area contributed by atoms with E-state index in [0.29, 0.717) is 0 Å². The zero-order valence-corrected chi connectivity index (χ0v) is 12.9. The third-order valence-corrected chi connectivity index (χ3v) is 3.54. The van der Waals surface area contributed by atoms with Crippen molar-refractivity contribution in [2.45, 2.75) is 20.4 Å². The van der Waals surface area contributed by atoms with E-state index in [9.17, 15) is 0 Å². The maximum atomic E-state index is 3.50. The highest BCUT2D eigenvalue weighted by atomic mass is 15.1. The van der Waals surface area contributed by atoms with Gasteiger partial charge in [0.15, 0.2) is 0 Å². The minimum atomic E-state index is 0.721. The third kappa shape index (κ3) is 4.32. The Morgan fingerprint density at radius 3 is 2.60 bits per heavy atom. The second-order valence-corrected chi connectivity index (χ2v) is 5.97. The maximum Gasteiger partial charge on any atom is 0.0237 e. The van der Waals surface area contributed by atoms with Crippen LogP contribution < -0.4 is 5.32 Å². The summed E-state index contributed by atoms with van der Waals surface area (Å²) in [6.45, 7) is 8.72. The van der Waals surface area contributed by atoms with Crippen molar-refractivity contribution in [3.8, 4) is 0 Å². The maximum absolute atomic E-state index is 3.50. The summed E-state index contributed by atoms with van der Waals surface area (Å²) in [5.41, 5.74) is 1.41. The Balaban J connectivity index is 1.91. The Kier molecular flexibility index (Phi) is 5.57. The molecule has 2 aromatic rings. The van der Waals surface area contributed by atoms with E-state index in [1.807, 2.05) is 0 Å². The van der Waals surface area contributed by atoms with Gasteiger partial charge in [0, 0.05) is 19.6 Å². The Hall–Kier alpha value is -1.38. The van der Waals surface area contributed by atoms with Crippen molar-refractivity contribution >= 4 is 10.8 Å². The van der Waals surface area contributed by atoms with Gasteiger partial charge in [-0.1, -0.05) is 56.3 Å². The van der Waals surface area contributed by atoms with Crippen LogP contribution in [0.4, 0.5) is 0 Å². The largest absolute Gasteiger partial charge is 0.315 e. The molecule has 0 atom stereocenters. The normalized spacial score (nSPS) is 11.7. The third-order valence-electron chi connectivity index (χ3n) is 3.54. The van der Waals surface area contributed by atoms with E-state index in [0.717, 1.165) is 32.1 Å². The molecule has 20 heavy (non-hydrogen) atoms. The van der Waals surface area contributed by atoms with Crippen molar-refractivity contribution in [2.75, 3.05) is 26.7 Å². The first-order valence-electron chi connectivity index (χ1n) is 7.52. The van der Waals surface area contributed by atoms with Gasteiger partial charge in [-0.25, -0.2) is 0 Å². The van der Waals surface area contributed by atoms with Crippen LogP contribution in [-0.4, -0.2) is 31.6 Å². The molecule has 0 aliphatic heterocycles. The number of benzene rings is 2. The molecule has 2 rings (SSSR count). The van der Waals surface area contributed by atoms with Gasteiger partial charge in [0.25, 0.3) is 0 Å². The van der Waals surface area contributed by atoms with E-state index in [-0.39, 0.29) is 0 Å². The topological polar surface area (TPSA) is 15.3 Å². The molecule has 0 unspecified atom stereocenters. The number of rotatable bonds is 7. The average molecular weight is 270 g/mol. The summed E-state index contributed by atoms with van der Waals surface area (Å²) in [4.78, 5) is 2.38. The van der Waals surface area contributed by atoms with Crippen LogP contribution in [0.2, 0.25) is 0 Å². The number of nitrogens with one attached hydrogen (secondary N) is 1. The lowest BCUT2D eigenvalue weighted by Gasteiger charge is -2.18. The highest BCUT2D eigenvalue weighted by Crippen LogP contribution is 2.19. The monoisotopic (exact) mass is 270 g/mol. The molecule has 2 nitrogen and oxygen atoms in total. The first-order valence-corrected chi connectivity index (χ1v) is 7.52. The molecule has 2 aromatic carbocycles. The molecular weight excluding hydrogens is 244 g/mol. The van der Waals surface area contributed by atoms with Crippen LogP contribution in [0.3, 0.4) is 0 Å². The van der Waals surface area contributed by atoms with Crippen molar-refractivity contribution in [3.05, 3.63) is 48.0 Å². The summed E-state index contributed by atoms with van der Waals surface area (Å²) in [7, 11) is 2.19. The summed E-state index contributed by atoms with van der Waals surface area (Å²) in [6, 6.07) is 15.2. The van der Waals surface area contributed by atoms with Gasteiger partial charge in [0.2, 0.25) is 0 Å². The van der Waals surface area contributed by atoms with Crippen LogP contribution >= 0.6 is 0 Å². The number of fused-ring (bicyclic) bond motifs is 1.